The number of unbranched alkanes of at least 4 members (excludes halogenated alkanes) is 1. The average Bonchev–Trinajstić information content (AvgIpc) is 2.69. The maximum Gasteiger partial charge on any atom is 0.167 e. The molecule has 0 aromatic heterocycles. The summed E-state index contributed by atoms with van der Waals surface area (Å²) in [7, 11) is 0. The lowest BCUT2D eigenvalue weighted by Crippen LogP contribution is -2.25. The molecule has 0 spiro atoms. The van der Waals surface area contributed by atoms with Gasteiger partial charge >= 0.3 is 0 Å². The Bertz CT molecular complexity index is 779. The SMILES string of the molecule is CCCCC1CCC(c2ccc(-c3ccc(CC)cc3F)c(F)c2F)CO1. The molecular weight excluding hydrogens is 349 g/mol. The lowest BCUT2D eigenvalue weighted by atomic mass is 9.88. The zero-order chi connectivity index (χ0) is 19.4. The van der Waals surface area contributed by atoms with Gasteiger partial charge in [0.2, 0.25) is 0 Å². The summed E-state index contributed by atoms with van der Waals surface area (Å²) in [6.45, 7) is 4.47. The summed E-state index contributed by atoms with van der Waals surface area (Å²) in [5.41, 5.74) is 1.21. The quantitative estimate of drug-likeness (QED) is 0.539. The van der Waals surface area contributed by atoms with E-state index in [2.05, 4.69) is 6.92 Å². The lowest BCUT2D eigenvalue weighted by Gasteiger charge is -2.29. The highest BCUT2D eigenvalue weighted by Gasteiger charge is 2.27. The van der Waals surface area contributed by atoms with Crippen LogP contribution in [0.25, 0.3) is 11.1 Å². The van der Waals surface area contributed by atoms with Gasteiger partial charge in [0.1, 0.15) is 5.82 Å². The number of halogens is 3. The minimum absolute atomic E-state index is 0.0334. The fourth-order valence-electron chi connectivity index (χ4n) is 3.80. The van der Waals surface area contributed by atoms with E-state index in [0.717, 1.165) is 37.7 Å². The van der Waals surface area contributed by atoms with Gasteiger partial charge < -0.3 is 4.74 Å². The first-order chi connectivity index (χ1) is 13.0. The van der Waals surface area contributed by atoms with Gasteiger partial charge in [-0.05, 0) is 42.9 Å². The minimum atomic E-state index is -0.983. The number of hydrogen-bond donors (Lipinski definition) is 0. The van der Waals surface area contributed by atoms with Gasteiger partial charge in [-0.2, -0.15) is 0 Å². The van der Waals surface area contributed by atoms with Crippen molar-refractivity contribution in [2.24, 2.45) is 0 Å². The molecule has 0 saturated carbocycles. The Morgan fingerprint density at radius 2 is 1.74 bits per heavy atom. The fraction of sp³-hybridized carbons (Fsp3) is 0.478. The zero-order valence-electron chi connectivity index (χ0n) is 16.0. The summed E-state index contributed by atoms with van der Waals surface area (Å²) >= 11 is 0. The van der Waals surface area contributed by atoms with Crippen LogP contribution in [0.2, 0.25) is 0 Å². The molecule has 4 heteroatoms. The van der Waals surface area contributed by atoms with E-state index in [9.17, 15) is 13.2 Å². The highest BCUT2D eigenvalue weighted by Crippen LogP contribution is 2.35. The van der Waals surface area contributed by atoms with Crippen LogP contribution in [0.4, 0.5) is 13.2 Å². The summed E-state index contributed by atoms with van der Waals surface area (Å²) in [4.78, 5) is 0. The predicted octanol–water partition coefficient (Wildman–Crippen LogP) is 6.79. The van der Waals surface area contributed by atoms with Gasteiger partial charge in [-0.15, -0.1) is 0 Å². The van der Waals surface area contributed by atoms with Gasteiger partial charge in [0.15, 0.2) is 11.6 Å². The van der Waals surface area contributed by atoms with Crippen molar-refractivity contribution in [3.63, 3.8) is 0 Å². The molecule has 0 aliphatic carbocycles. The van der Waals surface area contributed by atoms with Crippen molar-refractivity contribution in [3.05, 3.63) is 58.9 Å². The second kappa shape index (κ2) is 8.92. The van der Waals surface area contributed by atoms with E-state index in [4.69, 9.17) is 4.74 Å². The first kappa shape index (κ1) is 19.9. The van der Waals surface area contributed by atoms with E-state index in [0.29, 0.717) is 18.6 Å². The van der Waals surface area contributed by atoms with E-state index in [1.165, 1.54) is 18.2 Å². The molecule has 1 saturated heterocycles. The molecule has 1 heterocycles. The van der Waals surface area contributed by atoms with E-state index in [-0.39, 0.29) is 23.1 Å². The maximum atomic E-state index is 14.8. The van der Waals surface area contributed by atoms with Crippen molar-refractivity contribution in [1.82, 2.24) is 0 Å². The second-order valence-electron chi connectivity index (χ2n) is 7.37. The van der Waals surface area contributed by atoms with E-state index < -0.39 is 17.5 Å². The predicted molar refractivity (Wildman–Crippen MR) is 102 cm³/mol. The summed E-state index contributed by atoms with van der Waals surface area (Å²) < 4.78 is 49.7. The molecule has 0 radical (unpaired) electrons. The van der Waals surface area contributed by atoms with Crippen molar-refractivity contribution in [2.75, 3.05) is 6.61 Å². The molecule has 3 rings (SSSR count). The van der Waals surface area contributed by atoms with Crippen LogP contribution in [0.1, 0.15) is 63.0 Å². The van der Waals surface area contributed by atoms with Crippen LogP contribution in [0, 0.1) is 17.5 Å². The van der Waals surface area contributed by atoms with Gasteiger partial charge in [0.25, 0.3) is 0 Å². The van der Waals surface area contributed by atoms with Gasteiger partial charge in [-0.1, -0.05) is 51.0 Å². The first-order valence-electron chi connectivity index (χ1n) is 9.93. The van der Waals surface area contributed by atoms with Crippen LogP contribution in [0.5, 0.6) is 0 Å². The lowest BCUT2D eigenvalue weighted by molar-refractivity contribution is -0.00258. The fourth-order valence-corrected chi connectivity index (χ4v) is 3.80. The molecule has 2 unspecified atom stereocenters. The third-order valence-corrected chi connectivity index (χ3v) is 5.53. The molecule has 0 amide bonds. The van der Waals surface area contributed by atoms with Crippen LogP contribution in [-0.4, -0.2) is 12.7 Å². The number of hydrogen-bond acceptors (Lipinski definition) is 1. The number of aryl methyl sites for hydroxylation is 1. The highest BCUT2D eigenvalue weighted by molar-refractivity contribution is 5.66. The second-order valence-corrected chi connectivity index (χ2v) is 7.37. The zero-order valence-corrected chi connectivity index (χ0v) is 16.0. The van der Waals surface area contributed by atoms with Gasteiger partial charge in [-0.3, -0.25) is 0 Å². The third kappa shape index (κ3) is 4.37. The van der Waals surface area contributed by atoms with E-state index in [1.54, 1.807) is 12.1 Å². The third-order valence-electron chi connectivity index (χ3n) is 5.53. The number of ether oxygens (including phenoxy) is 1. The summed E-state index contributed by atoms with van der Waals surface area (Å²) in [5.74, 6) is -2.55. The van der Waals surface area contributed by atoms with Crippen LogP contribution in [0.3, 0.4) is 0 Å². The molecule has 1 aliphatic heterocycles. The standard InChI is InChI=1S/C23H27F3O/c1-3-5-6-17-9-8-16(14-27-17)18-11-12-20(23(26)22(18)25)19-10-7-15(4-2)13-21(19)24/h7,10-13,16-17H,3-6,8-9,14H2,1-2H3. The maximum absolute atomic E-state index is 14.8. The molecule has 1 aliphatic rings. The highest BCUT2D eigenvalue weighted by atomic mass is 19.2. The van der Waals surface area contributed by atoms with Crippen LogP contribution < -0.4 is 0 Å². The van der Waals surface area contributed by atoms with Gasteiger partial charge in [-0.25, -0.2) is 13.2 Å². The molecule has 2 aromatic carbocycles. The van der Waals surface area contributed by atoms with Gasteiger partial charge in [0.05, 0.1) is 12.7 Å². The Morgan fingerprint density at radius 3 is 2.37 bits per heavy atom. The monoisotopic (exact) mass is 376 g/mol. The van der Waals surface area contributed by atoms with Crippen molar-refractivity contribution in [1.29, 1.82) is 0 Å². The minimum Gasteiger partial charge on any atom is -0.378 e. The Kier molecular flexibility index (Phi) is 6.59. The molecule has 146 valence electrons. The molecule has 0 bridgehead atoms. The summed E-state index contributed by atoms with van der Waals surface area (Å²) in [6, 6.07) is 7.72. The number of benzene rings is 2. The molecule has 2 atom stereocenters. The van der Waals surface area contributed by atoms with Crippen LogP contribution >= 0.6 is 0 Å². The Hall–Kier alpha value is -1.81. The van der Waals surface area contributed by atoms with E-state index in [1.807, 2.05) is 6.92 Å². The smallest absolute Gasteiger partial charge is 0.167 e. The normalized spacial score (nSPS) is 20.0. The van der Waals surface area contributed by atoms with E-state index >= 15 is 0 Å². The van der Waals surface area contributed by atoms with Crippen molar-refractivity contribution in [2.45, 2.75) is 64.4 Å². The van der Waals surface area contributed by atoms with Gasteiger partial charge in [0, 0.05) is 17.0 Å². The van der Waals surface area contributed by atoms with Crippen LogP contribution in [-0.2, 0) is 11.2 Å². The van der Waals surface area contributed by atoms with Crippen molar-refractivity contribution < 1.29 is 17.9 Å². The topological polar surface area (TPSA) is 9.23 Å². The molecule has 0 N–H and O–H groups in total. The summed E-state index contributed by atoms with van der Waals surface area (Å²) in [5, 5.41) is 0. The molecule has 1 fully saturated rings. The average molecular weight is 376 g/mol. The Balaban J connectivity index is 1.80. The number of rotatable bonds is 6. The summed E-state index contributed by atoms with van der Waals surface area (Å²) in [6.07, 6.45) is 5.82. The first-order valence-corrected chi connectivity index (χ1v) is 9.93. The van der Waals surface area contributed by atoms with Crippen molar-refractivity contribution in [3.8, 4) is 11.1 Å². The van der Waals surface area contributed by atoms with Crippen molar-refractivity contribution >= 4 is 0 Å². The molecular formula is C23H27F3O. The van der Waals surface area contributed by atoms with Crippen LogP contribution in [0.15, 0.2) is 30.3 Å². The molecule has 1 nitrogen and oxygen atoms in total. The Morgan fingerprint density at radius 1 is 0.963 bits per heavy atom. The molecule has 2 aromatic rings. The largest absolute Gasteiger partial charge is 0.378 e. The molecule has 27 heavy (non-hydrogen) atoms. The Labute approximate surface area is 159 Å².